The van der Waals surface area contributed by atoms with Gasteiger partial charge in [-0.2, -0.15) is 0 Å². The number of allylic oxidation sites excluding steroid dienone is 1. The van der Waals surface area contributed by atoms with Crippen LogP contribution in [0.2, 0.25) is 0 Å². The summed E-state index contributed by atoms with van der Waals surface area (Å²) in [4.78, 5) is 4.16. The Kier molecular flexibility index (Phi) is 1.89. The molecule has 0 fully saturated rings. The van der Waals surface area contributed by atoms with Crippen molar-refractivity contribution in [1.29, 1.82) is 0 Å². The predicted molar refractivity (Wildman–Crippen MR) is 51.2 cm³/mol. The number of methoxy groups -OCH3 is 1. The fraction of sp³-hybridized carbons (Fsp3) is 0.222. The Bertz CT molecular complexity index is 347. The summed E-state index contributed by atoms with van der Waals surface area (Å²) in [5.41, 5.74) is 2.37. The van der Waals surface area contributed by atoms with E-state index in [0.717, 1.165) is 16.8 Å². The zero-order valence-electron chi connectivity index (χ0n) is 6.67. The molecule has 0 saturated heterocycles. The first-order chi connectivity index (χ1) is 5.83. The van der Waals surface area contributed by atoms with Crippen molar-refractivity contribution in [3.05, 3.63) is 27.9 Å². The second-order valence-corrected chi connectivity index (χ2v) is 3.47. The van der Waals surface area contributed by atoms with Gasteiger partial charge in [0, 0.05) is 16.2 Å². The lowest BCUT2D eigenvalue weighted by molar-refractivity contribution is 0.393. The van der Waals surface area contributed by atoms with Crippen LogP contribution in [0.1, 0.15) is 11.1 Å². The van der Waals surface area contributed by atoms with Crippen LogP contribution in [-0.2, 0) is 6.42 Å². The van der Waals surface area contributed by atoms with Gasteiger partial charge in [-0.3, -0.25) is 0 Å². The van der Waals surface area contributed by atoms with Gasteiger partial charge in [0.25, 0.3) is 0 Å². The van der Waals surface area contributed by atoms with Gasteiger partial charge in [-0.25, -0.2) is 4.98 Å². The van der Waals surface area contributed by atoms with Crippen molar-refractivity contribution in [1.82, 2.24) is 4.98 Å². The van der Waals surface area contributed by atoms with E-state index in [4.69, 9.17) is 4.74 Å². The van der Waals surface area contributed by atoms with E-state index in [9.17, 15) is 0 Å². The summed E-state index contributed by atoms with van der Waals surface area (Å²) in [6, 6.07) is 0. The first kappa shape index (κ1) is 7.80. The minimum atomic E-state index is 0.734. The molecule has 0 bridgehead atoms. The van der Waals surface area contributed by atoms with Crippen molar-refractivity contribution < 1.29 is 4.74 Å². The topological polar surface area (TPSA) is 22.1 Å². The average Bonchev–Trinajstić information content (AvgIpc) is 2.54. The van der Waals surface area contributed by atoms with E-state index >= 15 is 0 Å². The van der Waals surface area contributed by atoms with E-state index in [1.54, 1.807) is 13.3 Å². The van der Waals surface area contributed by atoms with Crippen LogP contribution >= 0.6 is 15.9 Å². The third-order valence-electron chi connectivity index (χ3n) is 1.94. The van der Waals surface area contributed by atoms with E-state index in [1.165, 1.54) is 11.1 Å². The van der Waals surface area contributed by atoms with Gasteiger partial charge in [-0.15, -0.1) is 0 Å². The van der Waals surface area contributed by atoms with Crippen molar-refractivity contribution in [2.75, 3.05) is 7.11 Å². The number of halogens is 1. The highest BCUT2D eigenvalue weighted by molar-refractivity contribution is 9.10. The molecule has 0 unspecified atom stereocenters. The van der Waals surface area contributed by atoms with Gasteiger partial charge >= 0.3 is 0 Å². The average molecular weight is 226 g/mol. The SMILES string of the molecule is COc1ncc(Br)c2c1CC=C2. The van der Waals surface area contributed by atoms with Crippen LogP contribution in [0.3, 0.4) is 0 Å². The number of aromatic nitrogens is 1. The van der Waals surface area contributed by atoms with Crippen LogP contribution < -0.4 is 4.74 Å². The van der Waals surface area contributed by atoms with Crippen molar-refractivity contribution >= 4 is 22.0 Å². The molecule has 0 spiro atoms. The Balaban J connectivity index is 2.61. The van der Waals surface area contributed by atoms with Gasteiger partial charge < -0.3 is 4.74 Å². The van der Waals surface area contributed by atoms with Crippen LogP contribution in [-0.4, -0.2) is 12.1 Å². The first-order valence-electron chi connectivity index (χ1n) is 3.71. The number of ether oxygens (including phenoxy) is 1. The summed E-state index contributed by atoms with van der Waals surface area (Å²) >= 11 is 3.44. The molecule has 2 rings (SSSR count). The first-order valence-corrected chi connectivity index (χ1v) is 4.50. The van der Waals surface area contributed by atoms with Crippen molar-refractivity contribution in [2.45, 2.75) is 6.42 Å². The second-order valence-electron chi connectivity index (χ2n) is 2.61. The summed E-state index contributed by atoms with van der Waals surface area (Å²) in [5, 5.41) is 0. The minimum absolute atomic E-state index is 0.734. The lowest BCUT2D eigenvalue weighted by Crippen LogP contribution is -1.94. The number of hydrogen-bond donors (Lipinski definition) is 0. The van der Waals surface area contributed by atoms with Gasteiger partial charge in [-0.1, -0.05) is 12.2 Å². The highest BCUT2D eigenvalue weighted by atomic mass is 79.9. The summed E-state index contributed by atoms with van der Waals surface area (Å²) < 4.78 is 6.17. The van der Waals surface area contributed by atoms with E-state index < -0.39 is 0 Å². The molecule has 0 aliphatic heterocycles. The largest absolute Gasteiger partial charge is 0.481 e. The van der Waals surface area contributed by atoms with Gasteiger partial charge in [-0.05, 0) is 27.9 Å². The van der Waals surface area contributed by atoms with Crippen molar-refractivity contribution in [2.24, 2.45) is 0 Å². The second kappa shape index (κ2) is 2.90. The molecule has 12 heavy (non-hydrogen) atoms. The van der Waals surface area contributed by atoms with E-state index in [1.807, 2.05) is 0 Å². The molecule has 0 amide bonds. The molecule has 1 aromatic rings. The third kappa shape index (κ3) is 1.05. The van der Waals surface area contributed by atoms with E-state index in [-0.39, 0.29) is 0 Å². The summed E-state index contributed by atoms with van der Waals surface area (Å²) in [6.45, 7) is 0. The maximum absolute atomic E-state index is 5.14. The molecule has 1 aliphatic carbocycles. The maximum Gasteiger partial charge on any atom is 0.217 e. The van der Waals surface area contributed by atoms with Crippen LogP contribution in [0.15, 0.2) is 16.7 Å². The Morgan fingerprint density at radius 2 is 2.42 bits per heavy atom. The molecule has 62 valence electrons. The molecule has 1 aliphatic rings. The molecule has 0 aromatic carbocycles. The molecule has 0 atom stereocenters. The summed E-state index contributed by atoms with van der Waals surface area (Å²) in [6.07, 6.45) is 6.89. The number of fused-ring (bicyclic) bond motifs is 1. The van der Waals surface area contributed by atoms with Crippen molar-refractivity contribution in [3.8, 4) is 5.88 Å². The smallest absolute Gasteiger partial charge is 0.217 e. The van der Waals surface area contributed by atoms with E-state index in [2.05, 4.69) is 33.1 Å². The van der Waals surface area contributed by atoms with Crippen LogP contribution in [0.25, 0.3) is 6.08 Å². The Hall–Kier alpha value is -0.830. The quantitative estimate of drug-likeness (QED) is 0.733. The highest BCUT2D eigenvalue weighted by Crippen LogP contribution is 2.32. The maximum atomic E-state index is 5.14. The number of pyridine rings is 1. The van der Waals surface area contributed by atoms with Gasteiger partial charge in [0.15, 0.2) is 0 Å². The number of nitrogens with zero attached hydrogens (tertiary/aromatic N) is 1. The van der Waals surface area contributed by atoms with Crippen LogP contribution in [0, 0.1) is 0 Å². The van der Waals surface area contributed by atoms with Crippen LogP contribution in [0.4, 0.5) is 0 Å². The zero-order chi connectivity index (χ0) is 8.55. The fourth-order valence-electron chi connectivity index (χ4n) is 1.37. The lowest BCUT2D eigenvalue weighted by Gasteiger charge is -2.06. The molecule has 3 heteroatoms. The number of rotatable bonds is 1. The standard InChI is InChI=1S/C9H8BrNO/c1-12-9-7-4-2-3-6(7)8(10)5-11-9/h2-3,5H,4H2,1H3. The zero-order valence-corrected chi connectivity index (χ0v) is 8.26. The molecule has 0 saturated carbocycles. The van der Waals surface area contributed by atoms with E-state index in [0.29, 0.717) is 0 Å². The molecule has 1 heterocycles. The molecular weight excluding hydrogens is 218 g/mol. The summed E-state index contributed by atoms with van der Waals surface area (Å²) in [7, 11) is 1.65. The highest BCUT2D eigenvalue weighted by Gasteiger charge is 2.14. The van der Waals surface area contributed by atoms with Gasteiger partial charge in [0.05, 0.1) is 7.11 Å². The Labute approximate surface area is 79.4 Å². The summed E-state index contributed by atoms with van der Waals surface area (Å²) in [5.74, 6) is 0.734. The molecule has 0 N–H and O–H groups in total. The number of hydrogen-bond acceptors (Lipinski definition) is 2. The molecule has 0 radical (unpaired) electrons. The minimum Gasteiger partial charge on any atom is -0.481 e. The fourth-order valence-corrected chi connectivity index (χ4v) is 1.84. The monoisotopic (exact) mass is 225 g/mol. The van der Waals surface area contributed by atoms with Gasteiger partial charge in [0.2, 0.25) is 5.88 Å². The lowest BCUT2D eigenvalue weighted by atomic mass is 10.2. The third-order valence-corrected chi connectivity index (χ3v) is 2.57. The van der Waals surface area contributed by atoms with Gasteiger partial charge in [0.1, 0.15) is 0 Å². The van der Waals surface area contributed by atoms with Crippen LogP contribution in [0.5, 0.6) is 5.88 Å². The predicted octanol–water partition coefficient (Wildman–Crippen LogP) is 2.42. The molecule has 1 aromatic heterocycles. The normalized spacial score (nSPS) is 13.2. The Morgan fingerprint density at radius 1 is 1.58 bits per heavy atom. The molecule has 2 nitrogen and oxygen atoms in total. The Morgan fingerprint density at radius 3 is 3.17 bits per heavy atom. The van der Waals surface area contributed by atoms with Crippen molar-refractivity contribution in [3.63, 3.8) is 0 Å². The molecular formula is C9H8BrNO.